The van der Waals surface area contributed by atoms with Crippen molar-refractivity contribution < 1.29 is 4.79 Å². The fourth-order valence-electron chi connectivity index (χ4n) is 2.63. The van der Waals surface area contributed by atoms with Crippen molar-refractivity contribution in [3.63, 3.8) is 0 Å². The predicted octanol–water partition coefficient (Wildman–Crippen LogP) is 3.68. The van der Waals surface area contributed by atoms with E-state index in [0.29, 0.717) is 6.04 Å². The summed E-state index contributed by atoms with van der Waals surface area (Å²) in [6.45, 7) is 2.01. The number of nitrogens with one attached hydrogen (secondary N) is 1. The van der Waals surface area contributed by atoms with Gasteiger partial charge in [0.05, 0.1) is 0 Å². The Balaban J connectivity index is 1.72. The van der Waals surface area contributed by atoms with Gasteiger partial charge in [-0.2, -0.15) is 0 Å². The van der Waals surface area contributed by atoms with Crippen molar-refractivity contribution in [1.82, 2.24) is 5.32 Å². The van der Waals surface area contributed by atoms with Crippen LogP contribution in [0.4, 0.5) is 0 Å². The van der Waals surface area contributed by atoms with Gasteiger partial charge in [-0.15, -0.1) is 0 Å². The molecule has 2 saturated carbocycles. The molecule has 0 saturated heterocycles. The van der Waals surface area contributed by atoms with Crippen molar-refractivity contribution in [3.05, 3.63) is 33.8 Å². The normalized spacial score (nSPS) is 19.1. The summed E-state index contributed by atoms with van der Waals surface area (Å²) in [6.07, 6.45) is 5.16. The monoisotopic (exact) mass is 307 g/mol. The van der Waals surface area contributed by atoms with E-state index in [1.165, 1.54) is 25.7 Å². The van der Waals surface area contributed by atoms with Gasteiger partial charge in [-0.1, -0.05) is 15.9 Å². The van der Waals surface area contributed by atoms with Crippen LogP contribution in [0.3, 0.4) is 0 Å². The van der Waals surface area contributed by atoms with E-state index >= 15 is 0 Å². The van der Waals surface area contributed by atoms with Crippen molar-refractivity contribution in [2.75, 3.05) is 0 Å². The molecule has 0 heterocycles. The first-order valence-electron chi connectivity index (χ1n) is 6.71. The van der Waals surface area contributed by atoms with Crippen molar-refractivity contribution >= 4 is 21.8 Å². The number of rotatable bonds is 4. The summed E-state index contributed by atoms with van der Waals surface area (Å²) in [5.74, 6) is 1.58. The number of carbonyl (C=O) groups is 1. The maximum Gasteiger partial charge on any atom is 0.251 e. The molecule has 2 aliphatic carbocycles. The van der Waals surface area contributed by atoms with Crippen LogP contribution in [0.2, 0.25) is 0 Å². The lowest BCUT2D eigenvalue weighted by Crippen LogP contribution is -2.38. The number of aryl methyl sites for hydroxylation is 1. The maximum absolute atomic E-state index is 12.3. The van der Waals surface area contributed by atoms with Crippen LogP contribution in [-0.2, 0) is 0 Å². The highest BCUT2D eigenvalue weighted by Crippen LogP contribution is 2.44. The zero-order valence-electron chi connectivity index (χ0n) is 10.6. The zero-order valence-corrected chi connectivity index (χ0v) is 12.2. The molecule has 0 bridgehead atoms. The van der Waals surface area contributed by atoms with E-state index in [1.54, 1.807) is 0 Å². The average molecular weight is 308 g/mol. The smallest absolute Gasteiger partial charge is 0.251 e. The molecule has 0 spiro atoms. The minimum Gasteiger partial charge on any atom is -0.349 e. The second kappa shape index (κ2) is 4.69. The molecule has 1 amide bonds. The summed E-state index contributed by atoms with van der Waals surface area (Å²) < 4.78 is 0.974. The summed E-state index contributed by atoms with van der Waals surface area (Å²) in [5.41, 5.74) is 1.89. The Hall–Kier alpha value is -0.830. The average Bonchev–Trinajstić information content (AvgIpc) is 3.14. The van der Waals surface area contributed by atoms with Gasteiger partial charge < -0.3 is 5.32 Å². The highest BCUT2D eigenvalue weighted by atomic mass is 79.9. The van der Waals surface area contributed by atoms with Crippen LogP contribution in [0.5, 0.6) is 0 Å². The topological polar surface area (TPSA) is 29.1 Å². The zero-order chi connectivity index (χ0) is 12.7. The predicted molar refractivity (Wildman–Crippen MR) is 75.6 cm³/mol. The number of carbonyl (C=O) groups excluding carboxylic acids is 1. The van der Waals surface area contributed by atoms with E-state index in [2.05, 4.69) is 21.2 Å². The molecule has 2 nitrogen and oxygen atoms in total. The van der Waals surface area contributed by atoms with Gasteiger partial charge in [0.2, 0.25) is 0 Å². The molecule has 1 aromatic rings. The van der Waals surface area contributed by atoms with E-state index < -0.39 is 0 Å². The largest absolute Gasteiger partial charge is 0.349 e. The molecular formula is C15H18BrNO. The molecule has 96 valence electrons. The molecule has 0 aliphatic heterocycles. The molecule has 2 aliphatic rings. The van der Waals surface area contributed by atoms with Crippen LogP contribution < -0.4 is 5.32 Å². The van der Waals surface area contributed by atoms with E-state index in [4.69, 9.17) is 0 Å². The van der Waals surface area contributed by atoms with Crippen molar-refractivity contribution in [2.24, 2.45) is 11.8 Å². The molecule has 0 atom stereocenters. The number of benzene rings is 1. The molecular weight excluding hydrogens is 290 g/mol. The molecule has 0 aromatic heterocycles. The van der Waals surface area contributed by atoms with Gasteiger partial charge in [-0.25, -0.2) is 0 Å². The first kappa shape index (κ1) is 12.2. The summed E-state index contributed by atoms with van der Waals surface area (Å²) in [5, 5.41) is 3.25. The van der Waals surface area contributed by atoms with Crippen LogP contribution in [0.25, 0.3) is 0 Å². The van der Waals surface area contributed by atoms with E-state index in [-0.39, 0.29) is 5.91 Å². The maximum atomic E-state index is 12.3. The first-order valence-corrected chi connectivity index (χ1v) is 7.51. The Labute approximate surface area is 116 Å². The highest BCUT2D eigenvalue weighted by molar-refractivity contribution is 9.10. The second-order valence-electron chi connectivity index (χ2n) is 5.69. The van der Waals surface area contributed by atoms with Crippen LogP contribution in [-0.4, -0.2) is 11.9 Å². The summed E-state index contributed by atoms with van der Waals surface area (Å²) >= 11 is 3.45. The first-order chi connectivity index (χ1) is 8.63. The van der Waals surface area contributed by atoms with Crippen molar-refractivity contribution in [2.45, 2.75) is 38.6 Å². The van der Waals surface area contributed by atoms with Gasteiger partial charge in [0, 0.05) is 16.1 Å². The molecule has 0 radical (unpaired) electrons. The molecule has 3 rings (SSSR count). The third-order valence-electron chi connectivity index (χ3n) is 3.86. The van der Waals surface area contributed by atoms with Crippen LogP contribution in [0, 0.1) is 18.8 Å². The quantitative estimate of drug-likeness (QED) is 0.903. The van der Waals surface area contributed by atoms with Gasteiger partial charge >= 0.3 is 0 Å². The number of hydrogen-bond donors (Lipinski definition) is 1. The fourth-order valence-corrected chi connectivity index (χ4v) is 3.24. The van der Waals surface area contributed by atoms with E-state index in [1.807, 2.05) is 25.1 Å². The van der Waals surface area contributed by atoms with Gasteiger partial charge in [0.15, 0.2) is 0 Å². The molecule has 1 aromatic carbocycles. The van der Waals surface area contributed by atoms with Gasteiger partial charge in [0.25, 0.3) is 5.91 Å². The Morgan fingerprint density at radius 2 is 1.83 bits per heavy atom. The van der Waals surface area contributed by atoms with Crippen LogP contribution in [0.1, 0.15) is 41.6 Å². The SMILES string of the molecule is Cc1cc(Br)cc(C(=O)NC(C2CC2)C2CC2)c1. The van der Waals surface area contributed by atoms with E-state index in [0.717, 1.165) is 27.4 Å². The van der Waals surface area contributed by atoms with Crippen LogP contribution in [0.15, 0.2) is 22.7 Å². The Kier molecular flexibility index (Phi) is 3.18. The Bertz CT molecular complexity index is 445. The molecule has 2 fully saturated rings. The minimum atomic E-state index is 0.0863. The van der Waals surface area contributed by atoms with Gasteiger partial charge in [-0.3, -0.25) is 4.79 Å². The number of hydrogen-bond acceptors (Lipinski definition) is 1. The summed E-state index contributed by atoms with van der Waals surface area (Å²) in [7, 11) is 0. The van der Waals surface area contributed by atoms with E-state index in [9.17, 15) is 4.79 Å². The van der Waals surface area contributed by atoms with Crippen LogP contribution >= 0.6 is 15.9 Å². The third kappa shape index (κ3) is 2.77. The highest BCUT2D eigenvalue weighted by Gasteiger charge is 2.42. The minimum absolute atomic E-state index is 0.0863. The summed E-state index contributed by atoms with van der Waals surface area (Å²) in [4.78, 5) is 12.3. The van der Waals surface area contributed by atoms with Crippen molar-refractivity contribution in [1.29, 1.82) is 0 Å². The number of halogens is 1. The Morgan fingerprint density at radius 3 is 2.33 bits per heavy atom. The third-order valence-corrected chi connectivity index (χ3v) is 4.32. The standard InChI is InChI=1S/C15H18BrNO/c1-9-6-12(8-13(16)7-9)15(18)17-14(10-2-3-10)11-4-5-11/h6-8,10-11,14H,2-5H2,1H3,(H,17,18). The van der Waals surface area contributed by atoms with Gasteiger partial charge in [0.1, 0.15) is 0 Å². The fraction of sp³-hybridized carbons (Fsp3) is 0.533. The summed E-state index contributed by atoms with van der Waals surface area (Å²) in [6, 6.07) is 6.31. The lowest BCUT2D eigenvalue weighted by Gasteiger charge is -2.18. The lowest BCUT2D eigenvalue weighted by molar-refractivity contribution is 0.0926. The number of amides is 1. The molecule has 18 heavy (non-hydrogen) atoms. The Morgan fingerprint density at radius 1 is 1.22 bits per heavy atom. The molecule has 3 heteroatoms. The lowest BCUT2D eigenvalue weighted by atomic mass is 10.1. The second-order valence-corrected chi connectivity index (χ2v) is 6.61. The van der Waals surface area contributed by atoms with Crippen molar-refractivity contribution in [3.8, 4) is 0 Å². The van der Waals surface area contributed by atoms with Gasteiger partial charge in [-0.05, 0) is 68.2 Å². The molecule has 0 unspecified atom stereocenters. The molecule has 1 N–H and O–H groups in total.